The lowest BCUT2D eigenvalue weighted by atomic mass is 10.1. The second-order valence-corrected chi connectivity index (χ2v) is 7.10. The van der Waals surface area contributed by atoms with Gasteiger partial charge in [0, 0.05) is 25.6 Å². The van der Waals surface area contributed by atoms with Crippen LogP contribution in [-0.2, 0) is 4.79 Å². The molecule has 1 heterocycles. The molecule has 1 unspecified atom stereocenters. The van der Waals surface area contributed by atoms with E-state index in [1.165, 1.54) is 31.5 Å². The van der Waals surface area contributed by atoms with Gasteiger partial charge in [-0.15, -0.1) is 17.0 Å². The Bertz CT molecular complexity index is 534. The molecule has 1 aliphatic heterocycles. The smallest absolute Gasteiger partial charge is 0.221 e. The molecule has 1 atom stereocenters. The molecule has 1 amide bonds. The van der Waals surface area contributed by atoms with Gasteiger partial charge in [-0.3, -0.25) is 9.69 Å². The van der Waals surface area contributed by atoms with Crippen LogP contribution in [0, 0.1) is 0 Å². The molecule has 1 aromatic rings. The normalized spacial score (nSPS) is 15.5. The lowest BCUT2D eigenvalue weighted by molar-refractivity contribution is -0.121. The van der Waals surface area contributed by atoms with Gasteiger partial charge in [0.15, 0.2) is 0 Å². The Morgan fingerprint density at radius 1 is 1.31 bits per heavy atom. The summed E-state index contributed by atoms with van der Waals surface area (Å²) in [4.78, 5) is 16.2. The monoisotopic (exact) mass is 427 g/mol. The van der Waals surface area contributed by atoms with Crippen molar-refractivity contribution in [3.63, 3.8) is 0 Å². The van der Waals surface area contributed by atoms with Crippen LogP contribution in [-0.4, -0.2) is 62.6 Å². The largest absolute Gasteiger partial charge is 0.494 e. The van der Waals surface area contributed by atoms with Crippen molar-refractivity contribution in [2.75, 3.05) is 46.9 Å². The SMILES string of the molecule is Br.CC(c1cccc(OCCCNC(=O)CCN(C)C)c1)N1CCCC1. The van der Waals surface area contributed by atoms with Gasteiger partial charge >= 0.3 is 0 Å². The summed E-state index contributed by atoms with van der Waals surface area (Å²) >= 11 is 0. The lowest BCUT2D eigenvalue weighted by Gasteiger charge is -2.24. The molecular weight excluding hydrogens is 394 g/mol. The number of benzene rings is 1. The number of ether oxygens (including phenoxy) is 1. The van der Waals surface area contributed by atoms with E-state index in [1.807, 2.05) is 25.1 Å². The first-order valence-corrected chi connectivity index (χ1v) is 9.44. The highest BCUT2D eigenvalue weighted by molar-refractivity contribution is 8.93. The van der Waals surface area contributed by atoms with Crippen LogP contribution in [0.3, 0.4) is 0 Å². The maximum absolute atomic E-state index is 11.6. The first kappa shape index (κ1) is 22.9. The molecule has 1 fully saturated rings. The van der Waals surface area contributed by atoms with E-state index in [1.54, 1.807) is 0 Å². The van der Waals surface area contributed by atoms with Gasteiger partial charge in [0.2, 0.25) is 5.91 Å². The van der Waals surface area contributed by atoms with E-state index in [0.29, 0.717) is 25.6 Å². The number of nitrogens with one attached hydrogen (secondary N) is 1. The van der Waals surface area contributed by atoms with Crippen molar-refractivity contribution in [2.45, 2.75) is 38.6 Å². The number of halogens is 1. The zero-order valence-electron chi connectivity index (χ0n) is 16.4. The van der Waals surface area contributed by atoms with Gasteiger partial charge < -0.3 is 15.0 Å². The van der Waals surface area contributed by atoms with Crippen molar-refractivity contribution in [3.8, 4) is 5.75 Å². The summed E-state index contributed by atoms with van der Waals surface area (Å²) in [5, 5.41) is 2.94. The number of amides is 1. The quantitative estimate of drug-likeness (QED) is 0.581. The van der Waals surface area contributed by atoms with Crippen molar-refractivity contribution in [3.05, 3.63) is 29.8 Å². The minimum Gasteiger partial charge on any atom is -0.494 e. The van der Waals surface area contributed by atoms with Crippen molar-refractivity contribution >= 4 is 22.9 Å². The molecule has 1 saturated heterocycles. The van der Waals surface area contributed by atoms with Crippen LogP contribution in [0.15, 0.2) is 24.3 Å². The van der Waals surface area contributed by atoms with E-state index in [4.69, 9.17) is 4.74 Å². The molecule has 0 aromatic heterocycles. The fraction of sp³-hybridized carbons (Fsp3) is 0.650. The van der Waals surface area contributed by atoms with E-state index in [9.17, 15) is 4.79 Å². The number of hydrogen-bond donors (Lipinski definition) is 1. The van der Waals surface area contributed by atoms with E-state index in [2.05, 4.69) is 35.3 Å². The third-order valence-electron chi connectivity index (χ3n) is 4.73. The Morgan fingerprint density at radius 2 is 2.04 bits per heavy atom. The number of likely N-dealkylation sites (tertiary alicyclic amines) is 1. The zero-order chi connectivity index (χ0) is 18.1. The summed E-state index contributed by atoms with van der Waals surface area (Å²) in [6.07, 6.45) is 3.98. The van der Waals surface area contributed by atoms with Crippen LogP contribution in [0.5, 0.6) is 5.75 Å². The molecule has 0 spiro atoms. The number of carbonyl (C=O) groups excluding carboxylic acids is 1. The first-order valence-electron chi connectivity index (χ1n) is 9.44. The Hall–Kier alpha value is -1.11. The van der Waals surface area contributed by atoms with E-state index in [0.717, 1.165) is 18.7 Å². The second-order valence-electron chi connectivity index (χ2n) is 7.10. The van der Waals surface area contributed by atoms with Crippen molar-refractivity contribution in [1.82, 2.24) is 15.1 Å². The summed E-state index contributed by atoms with van der Waals surface area (Å²) in [5.74, 6) is 1.03. The van der Waals surface area contributed by atoms with Crippen LogP contribution in [0.4, 0.5) is 0 Å². The lowest BCUT2D eigenvalue weighted by Crippen LogP contribution is -2.28. The molecule has 1 aliphatic rings. The Balaban J connectivity index is 0.00000338. The highest BCUT2D eigenvalue weighted by Crippen LogP contribution is 2.26. The summed E-state index contributed by atoms with van der Waals surface area (Å²) in [7, 11) is 3.94. The minimum absolute atomic E-state index is 0. The average molecular weight is 428 g/mol. The number of nitrogens with zero attached hydrogens (tertiary/aromatic N) is 2. The van der Waals surface area contributed by atoms with E-state index in [-0.39, 0.29) is 22.9 Å². The Kier molecular flexibility index (Phi) is 10.9. The van der Waals surface area contributed by atoms with Gasteiger partial charge in [-0.05, 0) is 71.1 Å². The molecule has 0 saturated carbocycles. The fourth-order valence-corrected chi connectivity index (χ4v) is 3.11. The molecule has 0 bridgehead atoms. The molecule has 5 nitrogen and oxygen atoms in total. The van der Waals surface area contributed by atoms with Crippen molar-refractivity contribution in [1.29, 1.82) is 0 Å². The van der Waals surface area contributed by atoms with Gasteiger partial charge in [-0.2, -0.15) is 0 Å². The summed E-state index contributed by atoms with van der Waals surface area (Å²) < 4.78 is 5.86. The predicted octanol–water partition coefficient (Wildman–Crippen LogP) is 3.26. The van der Waals surface area contributed by atoms with E-state index < -0.39 is 0 Å². The highest BCUT2D eigenvalue weighted by Gasteiger charge is 2.19. The van der Waals surface area contributed by atoms with Crippen LogP contribution in [0.1, 0.15) is 44.2 Å². The van der Waals surface area contributed by atoms with Gasteiger partial charge in [0.1, 0.15) is 5.75 Å². The fourth-order valence-electron chi connectivity index (χ4n) is 3.11. The third kappa shape index (κ3) is 8.06. The summed E-state index contributed by atoms with van der Waals surface area (Å²) in [5.41, 5.74) is 1.32. The minimum atomic E-state index is 0. The van der Waals surface area contributed by atoms with Crippen LogP contribution in [0.25, 0.3) is 0 Å². The van der Waals surface area contributed by atoms with Gasteiger partial charge in [0.05, 0.1) is 6.61 Å². The zero-order valence-corrected chi connectivity index (χ0v) is 18.1. The van der Waals surface area contributed by atoms with Crippen LogP contribution >= 0.6 is 17.0 Å². The topological polar surface area (TPSA) is 44.8 Å². The van der Waals surface area contributed by atoms with Crippen LogP contribution < -0.4 is 10.1 Å². The Labute approximate surface area is 168 Å². The first-order chi connectivity index (χ1) is 12.1. The maximum Gasteiger partial charge on any atom is 0.221 e. The predicted molar refractivity (Wildman–Crippen MR) is 112 cm³/mol. The number of rotatable bonds is 10. The van der Waals surface area contributed by atoms with Crippen molar-refractivity contribution < 1.29 is 9.53 Å². The standard InChI is InChI=1S/C20H33N3O2.BrH/c1-17(23-12-4-5-13-23)18-8-6-9-19(16-18)25-15-7-11-21-20(24)10-14-22(2)3;/h6,8-9,16-17H,4-5,7,10-15H2,1-3H3,(H,21,24);1H. The highest BCUT2D eigenvalue weighted by atomic mass is 79.9. The van der Waals surface area contributed by atoms with Crippen LogP contribution in [0.2, 0.25) is 0 Å². The molecule has 2 rings (SSSR count). The number of carbonyl (C=O) groups is 1. The number of hydrogen-bond acceptors (Lipinski definition) is 4. The van der Waals surface area contributed by atoms with E-state index >= 15 is 0 Å². The molecule has 148 valence electrons. The second kappa shape index (κ2) is 12.3. The molecule has 1 N–H and O–H groups in total. The van der Waals surface area contributed by atoms with Gasteiger partial charge in [-0.1, -0.05) is 12.1 Å². The third-order valence-corrected chi connectivity index (χ3v) is 4.73. The molecular formula is C20H34BrN3O2. The maximum atomic E-state index is 11.6. The Morgan fingerprint density at radius 3 is 2.73 bits per heavy atom. The summed E-state index contributed by atoms with van der Waals surface area (Å²) in [6.45, 7) is 6.73. The molecule has 1 aromatic carbocycles. The summed E-state index contributed by atoms with van der Waals surface area (Å²) in [6, 6.07) is 8.86. The molecule has 0 aliphatic carbocycles. The van der Waals surface area contributed by atoms with Gasteiger partial charge in [-0.25, -0.2) is 0 Å². The molecule has 26 heavy (non-hydrogen) atoms. The average Bonchev–Trinajstić information content (AvgIpc) is 3.14. The molecule has 6 heteroatoms. The van der Waals surface area contributed by atoms with Crippen molar-refractivity contribution in [2.24, 2.45) is 0 Å². The van der Waals surface area contributed by atoms with Gasteiger partial charge in [0.25, 0.3) is 0 Å². The molecule has 0 radical (unpaired) electrons.